The number of hydrogen-bond acceptors (Lipinski definition) is 17. The van der Waals surface area contributed by atoms with Gasteiger partial charge in [0.15, 0.2) is 0 Å². The summed E-state index contributed by atoms with van der Waals surface area (Å²) in [7, 11) is 0.378. The molecule has 54 heavy (non-hydrogen) atoms. The van der Waals surface area contributed by atoms with Crippen molar-refractivity contribution >= 4 is 86.5 Å². The molecule has 23 heteroatoms. The first-order chi connectivity index (χ1) is 23.8. The quantitative estimate of drug-likeness (QED) is 0.105. The Hall–Kier alpha value is 1.29. The average molecular weight is 902 g/mol. The zero-order chi connectivity index (χ0) is 37.7. The molecule has 6 rings (SSSR count). The fraction of sp³-hybridized carbons (Fsp3) is 0.710. The number of amides is 3. The molecule has 0 bridgehead atoms. The number of fused-ring (bicyclic) bond motifs is 2. The number of nitrogens with one attached hydrogen (secondary N) is 2. The molecule has 0 aromatic heterocycles. The smallest absolute Gasteiger partial charge is 0.543 e. The van der Waals surface area contributed by atoms with E-state index in [-0.39, 0.29) is 168 Å². The number of sulfone groups is 1. The van der Waals surface area contributed by atoms with Gasteiger partial charge in [0, 0.05) is 50.0 Å². The normalized spacial score (nSPS) is 30.7. The second-order valence-electron chi connectivity index (χ2n) is 13.5. The van der Waals surface area contributed by atoms with E-state index in [0.29, 0.717) is 34.4 Å². The number of aliphatic carboxylic acids is 2. The number of carbonyl (C=O) groups is 5. The maximum absolute atomic E-state index is 12.2. The first-order valence-corrected chi connectivity index (χ1v) is 21.8. The molecule has 0 radical (unpaired) electrons. The van der Waals surface area contributed by atoms with E-state index in [9.17, 15) is 52.8 Å². The molecule has 10 atom stereocenters. The van der Waals surface area contributed by atoms with Crippen LogP contribution < -0.4 is 124 Å². The Labute approximate surface area is 418 Å². The van der Waals surface area contributed by atoms with E-state index < -0.39 is 56.6 Å². The molecular formula is C31H45K2N5O11S5. The van der Waals surface area contributed by atoms with Crippen LogP contribution in [-0.4, -0.2) is 148 Å². The number of carboxylic acid groups (broad SMARTS) is 2. The summed E-state index contributed by atoms with van der Waals surface area (Å²) in [4.78, 5) is 63.4. The zero-order valence-electron chi connectivity index (χ0n) is 30.5. The molecule has 6 aliphatic rings. The van der Waals surface area contributed by atoms with Gasteiger partial charge in [-0.1, -0.05) is 31.0 Å². The van der Waals surface area contributed by atoms with Crippen molar-refractivity contribution in [3.8, 4) is 0 Å². The molecule has 16 nitrogen and oxygen atoms in total. The average Bonchev–Trinajstić information content (AvgIpc) is 3.80. The van der Waals surface area contributed by atoms with Crippen molar-refractivity contribution in [2.24, 2.45) is 11.8 Å². The Bertz CT molecular complexity index is 1650. The van der Waals surface area contributed by atoms with Gasteiger partial charge in [0.2, 0.25) is 17.7 Å². The summed E-state index contributed by atoms with van der Waals surface area (Å²) in [6.07, 6.45) is 1.38. The third-order valence-electron chi connectivity index (χ3n) is 9.31. The second kappa shape index (κ2) is 21.2. The van der Waals surface area contributed by atoms with Gasteiger partial charge in [0.25, 0.3) is 0 Å². The number of nitrogens with zero attached hydrogens (tertiary/aromatic N) is 3. The number of β-lactam (4-membered cyclic amide) rings is 2. The Balaban J connectivity index is 0.000000354. The minimum atomic E-state index is -3.01. The Morgan fingerprint density at radius 3 is 1.69 bits per heavy atom. The molecule has 4 saturated heterocycles. The summed E-state index contributed by atoms with van der Waals surface area (Å²) in [6.45, 7) is 4.28. The van der Waals surface area contributed by atoms with Crippen LogP contribution in [0.25, 0.3) is 0 Å². The fourth-order valence-electron chi connectivity index (χ4n) is 6.69. The maximum atomic E-state index is 12.2. The third-order valence-corrected chi connectivity index (χ3v) is 16.0. The molecule has 4 N–H and O–H groups in total. The van der Waals surface area contributed by atoms with Gasteiger partial charge in [-0.05, 0) is 33.1 Å². The van der Waals surface area contributed by atoms with Gasteiger partial charge in [-0.3, -0.25) is 24.2 Å². The zero-order valence-corrected chi connectivity index (χ0v) is 40.8. The number of carboxylic acids is 2. The SMILES string of the molecule is C.C[C@@H](O)[C@H]1C(=O)N2C(C(=O)[O-])=C(S[C@@H]3CN[C@H](C(=O)N(C)C)C3)S[C@H]12.C[C@@H](O)[C@H]1C(=O)N2C(C(=O)[O-])=C(S[C@@H]3CN[C@H](CCS(C)(=O)=O)C3)S[C@H]12.[K+].[K+]. The van der Waals surface area contributed by atoms with Crippen molar-refractivity contribution < 1.29 is 156 Å². The molecule has 6 aliphatic heterocycles. The molecule has 0 spiro atoms. The summed E-state index contributed by atoms with van der Waals surface area (Å²) in [5.74, 6) is -4.63. The first-order valence-electron chi connectivity index (χ1n) is 16.3. The summed E-state index contributed by atoms with van der Waals surface area (Å²) in [5.41, 5.74) is -0.212. The van der Waals surface area contributed by atoms with E-state index in [1.807, 2.05) is 0 Å². The maximum Gasteiger partial charge on any atom is 1.00 e. The molecule has 4 fully saturated rings. The van der Waals surface area contributed by atoms with E-state index in [1.165, 1.54) is 81.9 Å². The van der Waals surface area contributed by atoms with Crippen molar-refractivity contribution in [1.82, 2.24) is 25.3 Å². The monoisotopic (exact) mass is 901 g/mol. The van der Waals surface area contributed by atoms with Crippen LogP contribution in [0, 0.1) is 11.8 Å². The van der Waals surface area contributed by atoms with Gasteiger partial charge in [0.05, 0.1) is 67.6 Å². The van der Waals surface area contributed by atoms with Crippen molar-refractivity contribution in [2.45, 2.75) is 86.1 Å². The topological polar surface area (TPSA) is 240 Å². The Morgan fingerprint density at radius 2 is 1.30 bits per heavy atom. The number of hydrogen-bond donors (Lipinski definition) is 4. The van der Waals surface area contributed by atoms with Gasteiger partial charge >= 0.3 is 103 Å². The van der Waals surface area contributed by atoms with Crippen LogP contribution in [0.3, 0.4) is 0 Å². The second-order valence-corrected chi connectivity index (χ2v) is 21.1. The van der Waals surface area contributed by atoms with Crippen LogP contribution >= 0.6 is 47.0 Å². The Morgan fingerprint density at radius 1 is 0.870 bits per heavy atom. The van der Waals surface area contributed by atoms with Crippen molar-refractivity contribution in [1.29, 1.82) is 0 Å². The van der Waals surface area contributed by atoms with Crippen molar-refractivity contribution in [3.05, 3.63) is 19.9 Å². The molecule has 0 aromatic rings. The molecule has 3 amide bonds. The van der Waals surface area contributed by atoms with Crippen LogP contribution in [0.15, 0.2) is 19.9 Å². The molecule has 0 aromatic carbocycles. The van der Waals surface area contributed by atoms with Gasteiger partial charge < -0.3 is 45.5 Å². The number of thioether (sulfide) groups is 4. The van der Waals surface area contributed by atoms with E-state index in [1.54, 1.807) is 14.1 Å². The van der Waals surface area contributed by atoms with Crippen LogP contribution in [0.2, 0.25) is 0 Å². The number of likely N-dealkylation sites (N-methyl/N-ethyl adjacent to an activating group) is 1. The molecule has 0 aliphatic carbocycles. The number of carbonyl (C=O) groups excluding carboxylic acids is 5. The van der Waals surface area contributed by atoms with Crippen LogP contribution in [0.4, 0.5) is 0 Å². The van der Waals surface area contributed by atoms with Crippen LogP contribution in [0.5, 0.6) is 0 Å². The van der Waals surface area contributed by atoms with Gasteiger partial charge in [-0.15, -0.1) is 23.5 Å². The van der Waals surface area contributed by atoms with Crippen molar-refractivity contribution in [2.75, 3.05) is 39.2 Å². The largest absolute Gasteiger partial charge is 1.00 e. The standard InChI is InChI=1S/C15H21N3O5S2.C15H22N2O6S3.CH4.2K/c1-6(19)9-12(21)18-10(14(22)23)15(25-13(9)18)24-7-4-8(16-5-7)11(20)17(2)3;1-7(18)10-12(19)17-11(14(20)21)15(25-13(10)17)24-9-5-8(16-6-9)3-4-26(2,22)23;;;/h6-9,13,16,19H,4-5H2,1-3H3,(H,22,23);7-10,13,16,18H,3-6H2,1-2H3,(H,20,21);1H4;;/q;;;2*+1/p-2/t6-,7+,8+,9+,13-;7-,8-,9+,10+,13-;;;/m11.../s1. The summed E-state index contributed by atoms with van der Waals surface area (Å²) < 4.78 is 23.6. The fourth-order valence-corrected chi connectivity index (χ4v) is 14.1. The van der Waals surface area contributed by atoms with Gasteiger partial charge in [0.1, 0.15) is 20.6 Å². The summed E-state index contributed by atoms with van der Waals surface area (Å²) >= 11 is 5.32. The minimum absolute atomic E-state index is 0. The van der Waals surface area contributed by atoms with Gasteiger partial charge in [-0.25, -0.2) is 8.42 Å². The van der Waals surface area contributed by atoms with E-state index in [4.69, 9.17) is 0 Å². The predicted octanol–water partition coefficient (Wildman–Crippen LogP) is -8.27. The van der Waals surface area contributed by atoms with Crippen molar-refractivity contribution in [3.63, 3.8) is 0 Å². The van der Waals surface area contributed by atoms with Crippen LogP contribution in [0.1, 0.15) is 40.5 Å². The Kier molecular flexibility index (Phi) is 20.2. The third kappa shape index (κ3) is 11.4. The molecule has 292 valence electrons. The van der Waals surface area contributed by atoms with E-state index in [0.717, 1.165) is 6.42 Å². The summed E-state index contributed by atoms with van der Waals surface area (Å²) in [5, 5.41) is 48.3. The molecular weight excluding hydrogens is 857 g/mol. The minimum Gasteiger partial charge on any atom is -0.543 e. The predicted molar refractivity (Wildman–Crippen MR) is 196 cm³/mol. The molecule has 0 saturated carbocycles. The molecule has 6 heterocycles. The number of rotatable bonds is 12. The molecule has 0 unspecified atom stereocenters. The van der Waals surface area contributed by atoms with Crippen LogP contribution in [-0.2, 0) is 33.8 Å². The van der Waals surface area contributed by atoms with E-state index >= 15 is 0 Å². The van der Waals surface area contributed by atoms with Gasteiger partial charge in [-0.2, -0.15) is 0 Å². The first kappa shape index (κ1) is 51.4. The number of aliphatic hydroxyl groups is 2. The number of aliphatic hydroxyl groups excluding tert-OH is 2. The van der Waals surface area contributed by atoms with E-state index in [2.05, 4.69) is 10.6 Å². The summed E-state index contributed by atoms with van der Waals surface area (Å²) in [6, 6.07) is -0.209.